The van der Waals surface area contributed by atoms with Crippen molar-refractivity contribution in [3.63, 3.8) is 0 Å². The number of hydrogen-bond acceptors (Lipinski definition) is 3. The maximum Gasteiger partial charge on any atom is 0.189 e. The molecule has 20 heavy (non-hydrogen) atoms. The molecule has 0 fully saturated rings. The first-order valence-electron chi connectivity index (χ1n) is 6.50. The quantitative estimate of drug-likeness (QED) is 0.507. The van der Waals surface area contributed by atoms with Crippen LogP contribution >= 0.6 is 0 Å². The lowest BCUT2D eigenvalue weighted by molar-refractivity contribution is 0.104. The van der Waals surface area contributed by atoms with Gasteiger partial charge in [-0.3, -0.25) is 4.79 Å². The SMILES string of the molecule is CCc1ccc(/C=C/C(=O)c2ccc(N)cc2O)cc1. The molecule has 0 heterocycles. The first-order chi connectivity index (χ1) is 9.60. The summed E-state index contributed by atoms with van der Waals surface area (Å²) in [5, 5.41) is 9.69. The molecule has 0 spiro atoms. The monoisotopic (exact) mass is 267 g/mol. The van der Waals surface area contributed by atoms with Gasteiger partial charge in [-0.2, -0.15) is 0 Å². The highest BCUT2D eigenvalue weighted by molar-refractivity contribution is 6.08. The van der Waals surface area contributed by atoms with E-state index in [1.165, 1.54) is 23.8 Å². The number of rotatable bonds is 4. The zero-order valence-electron chi connectivity index (χ0n) is 11.3. The van der Waals surface area contributed by atoms with Gasteiger partial charge < -0.3 is 10.8 Å². The molecule has 0 radical (unpaired) electrons. The number of phenols is 1. The van der Waals surface area contributed by atoms with Crippen LogP contribution < -0.4 is 5.73 Å². The van der Waals surface area contributed by atoms with Crippen molar-refractivity contribution < 1.29 is 9.90 Å². The van der Waals surface area contributed by atoms with Gasteiger partial charge in [-0.25, -0.2) is 0 Å². The number of carbonyl (C=O) groups is 1. The minimum Gasteiger partial charge on any atom is -0.507 e. The van der Waals surface area contributed by atoms with Crippen molar-refractivity contribution in [3.05, 3.63) is 65.2 Å². The molecule has 2 aromatic carbocycles. The van der Waals surface area contributed by atoms with Crippen LogP contribution in [0, 0.1) is 0 Å². The molecule has 3 nitrogen and oxygen atoms in total. The van der Waals surface area contributed by atoms with E-state index in [1.54, 1.807) is 12.1 Å². The van der Waals surface area contributed by atoms with Crippen molar-refractivity contribution in [3.8, 4) is 5.75 Å². The zero-order chi connectivity index (χ0) is 14.5. The summed E-state index contributed by atoms with van der Waals surface area (Å²) in [5.41, 5.74) is 8.41. The maximum atomic E-state index is 12.0. The molecule has 0 amide bonds. The molecule has 0 aliphatic carbocycles. The van der Waals surface area contributed by atoms with E-state index in [-0.39, 0.29) is 17.1 Å². The molecule has 2 rings (SSSR count). The van der Waals surface area contributed by atoms with Crippen LogP contribution in [0.15, 0.2) is 48.5 Å². The largest absolute Gasteiger partial charge is 0.507 e. The molecule has 3 heteroatoms. The standard InChI is InChI=1S/C17H17NO2/c1-2-12-3-5-13(6-4-12)7-10-16(19)15-9-8-14(18)11-17(15)20/h3-11,20H,2,18H2,1H3/b10-7+. The van der Waals surface area contributed by atoms with E-state index in [4.69, 9.17) is 5.73 Å². The number of aryl methyl sites for hydroxylation is 1. The second-order valence-corrected chi connectivity index (χ2v) is 4.57. The van der Waals surface area contributed by atoms with E-state index < -0.39 is 0 Å². The number of aromatic hydroxyl groups is 1. The number of anilines is 1. The summed E-state index contributed by atoms with van der Waals surface area (Å²) < 4.78 is 0. The number of benzene rings is 2. The van der Waals surface area contributed by atoms with Crippen LogP contribution in [-0.2, 0) is 6.42 Å². The maximum absolute atomic E-state index is 12.0. The summed E-state index contributed by atoms with van der Waals surface area (Å²) >= 11 is 0. The van der Waals surface area contributed by atoms with E-state index in [0.29, 0.717) is 5.69 Å². The summed E-state index contributed by atoms with van der Waals surface area (Å²) in [6.45, 7) is 2.10. The first kappa shape index (κ1) is 13.9. The minimum atomic E-state index is -0.248. The van der Waals surface area contributed by atoms with Gasteiger partial charge in [-0.1, -0.05) is 37.3 Å². The van der Waals surface area contributed by atoms with Gasteiger partial charge in [0.1, 0.15) is 5.75 Å². The van der Waals surface area contributed by atoms with Crippen molar-refractivity contribution in [1.82, 2.24) is 0 Å². The fourth-order valence-corrected chi connectivity index (χ4v) is 1.88. The normalized spacial score (nSPS) is 10.8. The second kappa shape index (κ2) is 6.06. The van der Waals surface area contributed by atoms with E-state index in [2.05, 4.69) is 6.92 Å². The lowest BCUT2D eigenvalue weighted by Gasteiger charge is -2.01. The number of phenolic OH excluding ortho intramolecular Hbond substituents is 1. The summed E-state index contributed by atoms with van der Waals surface area (Å²) in [6.07, 6.45) is 4.17. The molecular weight excluding hydrogens is 250 g/mol. The van der Waals surface area contributed by atoms with Crippen LogP contribution in [0.25, 0.3) is 6.08 Å². The highest BCUT2D eigenvalue weighted by atomic mass is 16.3. The molecule has 0 aliphatic heterocycles. The van der Waals surface area contributed by atoms with Gasteiger partial charge in [0.15, 0.2) is 5.78 Å². The molecule has 0 atom stereocenters. The third-order valence-corrected chi connectivity index (χ3v) is 3.10. The van der Waals surface area contributed by atoms with Gasteiger partial charge in [0.2, 0.25) is 0 Å². The summed E-state index contributed by atoms with van der Waals surface area (Å²) in [5.74, 6) is -0.344. The Morgan fingerprint density at radius 2 is 1.90 bits per heavy atom. The Kier molecular flexibility index (Phi) is 4.20. The molecule has 0 saturated heterocycles. The van der Waals surface area contributed by atoms with E-state index >= 15 is 0 Å². The Labute approximate surface area is 118 Å². The zero-order valence-corrected chi connectivity index (χ0v) is 11.3. The van der Waals surface area contributed by atoms with E-state index in [0.717, 1.165) is 12.0 Å². The average molecular weight is 267 g/mol. The Morgan fingerprint density at radius 3 is 2.50 bits per heavy atom. The van der Waals surface area contributed by atoms with Crippen LogP contribution in [-0.4, -0.2) is 10.9 Å². The molecule has 3 N–H and O–H groups in total. The first-order valence-corrected chi connectivity index (χ1v) is 6.50. The Bertz CT molecular complexity index is 643. The Morgan fingerprint density at radius 1 is 1.20 bits per heavy atom. The highest BCUT2D eigenvalue weighted by Gasteiger charge is 2.07. The third kappa shape index (κ3) is 3.26. The fraction of sp³-hybridized carbons (Fsp3) is 0.118. The number of ketones is 1. The Hall–Kier alpha value is -2.55. The van der Waals surface area contributed by atoms with Crippen molar-refractivity contribution in [2.45, 2.75) is 13.3 Å². The van der Waals surface area contributed by atoms with Crippen molar-refractivity contribution in [2.75, 3.05) is 5.73 Å². The number of allylic oxidation sites excluding steroid dienone is 1. The van der Waals surface area contributed by atoms with E-state index in [9.17, 15) is 9.90 Å². The van der Waals surface area contributed by atoms with Gasteiger partial charge in [-0.05, 0) is 35.8 Å². The molecule has 0 aliphatic rings. The second-order valence-electron chi connectivity index (χ2n) is 4.57. The molecule has 0 bridgehead atoms. The van der Waals surface area contributed by atoms with E-state index in [1.807, 2.05) is 24.3 Å². The van der Waals surface area contributed by atoms with Crippen LogP contribution in [0.5, 0.6) is 5.75 Å². The molecule has 0 saturated carbocycles. The molecule has 2 aromatic rings. The number of carbonyl (C=O) groups excluding carboxylic acids is 1. The fourth-order valence-electron chi connectivity index (χ4n) is 1.88. The molecule has 0 aromatic heterocycles. The summed E-state index contributed by atoms with van der Waals surface area (Å²) in [4.78, 5) is 12.0. The van der Waals surface area contributed by atoms with Gasteiger partial charge in [0, 0.05) is 11.8 Å². The smallest absolute Gasteiger partial charge is 0.189 e. The summed E-state index contributed by atoms with van der Waals surface area (Å²) in [7, 11) is 0. The van der Waals surface area contributed by atoms with Gasteiger partial charge >= 0.3 is 0 Å². The van der Waals surface area contributed by atoms with Crippen LogP contribution in [0.4, 0.5) is 5.69 Å². The van der Waals surface area contributed by atoms with Crippen molar-refractivity contribution in [2.24, 2.45) is 0 Å². The predicted octanol–water partition coefficient (Wildman–Crippen LogP) is 3.43. The van der Waals surface area contributed by atoms with Crippen LogP contribution in [0.2, 0.25) is 0 Å². The molecule has 0 unspecified atom stereocenters. The molecular formula is C17H17NO2. The van der Waals surface area contributed by atoms with Crippen molar-refractivity contribution in [1.29, 1.82) is 0 Å². The van der Waals surface area contributed by atoms with Gasteiger partial charge in [0.25, 0.3) is 0 Å². The lowest BCUT2D eigenvalue weighted by atomic mass is 10.1. The van der Waals surface area contributed by atoms with Crippen molar-refractivity contribution >= 4 is 17.5 Å². The molecule has 102 valence electrons. The van der Waals surface area contributed by atoms with Crippen LogP contribution in [0.1, 0.15) is 28.4 Å². The highest BCUT2D eigenvalue weighted by Crippen LogP contribution is 2.21. The average Bonchev–Trinajstić information content (AvgIpc) is 2.45. The Balaban J connectivity index is 2.15. The minimum absolute atomic E-state index is 0.0963. The number of nitrogen functional groups attached to an aromatic ring is 1. The number of hydrogen-bond donors (Lipinski definition) is 2. The number of nitrogens with two attached hydrogens (primary N) is 1. The lowest BCUT2D eigenvalue weighted by Crippen LogP contribution is -1.96. The summed E-state index contributed by atoms with van der Waals surface area (Å²) in [6, 6.07) is 12.5. The van der Waals surface area contributed by atoms with Gasteiger partial charge in [0.05, 0.1) is 5.56 Å². The topological polar surface area (TPSA) is 63.3 Å². The third-order valence-electron chi connectivity index (χ3n) is 3.10. The van der Waals surface area contributed by atoms with Crippen LogP contribution in [0.3, 0.4) is 0 Å². The van der Waals surface area contributed by atoms with Gasteiger partial charge in [-0.15, -0.1) is 0 Å². The predicted molar refractivity (Wildman–Crippen MR) is 81.7 cm³/mol.